The summed E-state index contributed by atoms with van der Waals surface area (Å²) in [5, 5.41) is 13.4. The number of amides is 1. The molecular weight excluding hydrogens is 336 g/mol. The van der Waals surface area contributed by atoms with E-state index in [0.717, 1.165) is 13.1 Å². The largest absolute Gasteiger partial charge is 0.508 e. The highest BCUT2D eigenvalue weighted by Crippen LogP contribution is 2.34. The van der Waals surface area contributed by atoms with E-state index in [1.165, 1.54) is 24.2 Å². The lowest BCUT2D eigenvalue weighted by Gasteiger charge is -2.49. The van der Waals surface area contributed by atoms with Gasteiger partial charge >= 0.3 is 0 Å². The normalized spacial score (nSPS) is 27.9. The summed E-state index contributed by atoms with van der Waals surface area (Å²) >= 11 is 1.32. The van der Waals surface area contributed by atoms with Gasteiger partial charge in [0.05, 0.1) is 4.88 Å². The molecule has 132 valence electrons. The summed E-state index contributed by atoms with van der Waals surface area (Å²) in [6.07, 6.45) is 2.34. The number of nitrogens with zero attached hydrogens (tertiary/aromatic N) is 1. The van der Waals surface area contributed by atoms with Gasteiger partial charge in [0.1, 0.15) is 11.5 Å². The number of fused-ring (bicyclic) bond motifs is 3. The second-order valence-corrected chi connectivity index (χ2v) is 7.88. The summed E-state index contributed by atoms with van der Waals surface area (Å²) in [7, 11) is 0. The third-order valence-electron chi connectivity index (χ3n) is 5.32. The highest BCUT2D eigenvalue weighted by Gasteiger charge is 2.40. The number of carbonyl (C=O) groups excluding carboxylic acids is 1. The van der Waals surface area contributed by atoms with Gasteiger partial charge in [-0.3, -0.25) is 9.69 Å². The molecule has 3 saturated heterocycles. The van der Waals surface area contributed by atoms with Gasteiger partial charge in [0, 0.05) is 18.2 Å². The minimum atomic E-state index is -0.0265. The average Bonchev–Trinajstić information content (AvgIpc) is 3.07. The van der Waals surface area contributed by atoms with Crippen LogP contribution < -0.4 is 10.1 Å². The molecule has 0 unspecified atom stereocenters. The van der Waals surface area contributed by atoms with Crippen LogP contribution in [0.4, 0.5) is 0 Å². The Hall–Kier alpha value is -2.05. The summed E-state index contributed by atoms with van der Waals surface area (Å²) in [5.74, 6) is 1.27. The molecule has 3 aliphatic rings. The maximum atomic E-state index is 12.6. The number of phenols is 1. The molecule has 1 aromatic heterocycles. The van der Waals surface area contributed by atoms with Crippen LogP contribution in [0.1, 0.15) is 29.4 Å². The van der Waals surface area contributed by atoms with Crippen molar-refractivity contribution in [2.24, 2.45) is 5.92 Å². The minimum absolute atomic E-state index is 0.0265. The van der Waals surface area contributed by atoms with Crippen LogP contribution in [-0.2, 0) is 0 Å². The fourth-order valence-corrected chi connectivity index (χ4v) is 4.71. The molecule has 5 rings (SSSR count). The molecule has 0 aliphatic carbocycles. The first-order valence-electron chi connectivity index (χ1n) is 8.72. The summed E-state index contributed by atoms with van der Waals surface area (Å²) in [6.45, 7) is 4.51. The van der Waals surface area contributed by atoms with Gasteiger partial charge in [-0.05, 0) is 63.0 Å². The molecule has 3 fully saturated rings. The van der Waals surface area contributed by atoms with Crippen LogP contribution in [0.2, 0.25) is 0 Å². The highest BCUT2D eigenvalue weighted by molar-refractivity contribution is 7.15. The Kier molecular flexibility index (Phi) is 4.39. The van der Waals surface area contributed by atoms with E-state index >= 15 is 0 Å². The summed E-state index contributed by atoms with van der Waals surface area (Å²) in [6, 6.07) is 10.9. The predicted molar refractivity (Wildman–Crippen MR) is 97.5 cm³/mol. The van der Waals surface area contributed by atoms with Crippen molar-refractivity contribution >= 4 is 17.2 Å². The maximum Gasteiger partial charge on any atom is 0.261 e. The Bertz CT molecular complexity index is 766. The second-order valence-electron chi connectivity index (χ2n) is 6.83. The van der Waals surface area contributed by atoms with Crippen molar-refractivity contribution in [1.29, 1.82) is 0 Å². The van der Waals surface area contributed by atoms with Crippen LogP contribution in [0.5, 0.6) is 16.6 Å². The van der Waals surface area contributed by atoms with Crippen molar-refractivity contribution in [3.63, 3.8) is 0 Å². The fraction of sp³-hybridized carbons (Fsp3) is 0.421. The molecule has 0 spiro atoms. The van der Waals surface area contributed by atoms with Gasteiger partial charge in [0.2, 0.25) is 0 Å². The molecule has 5 nitrogen and oxygen atoms in total. The van der Waals surface area contributed by atoms with Gasteiger partial charge in [0.15, 0.2) is 5.06 Å². The Labute approximate surface area is 151 Å². The van der Waals surface area contributed by atoms with Gasteiger partial charge in [-0.2, -0.15) is 0 Å². The number of thiophene rings is 1. The van der Waals surface area contributed by atoms with Gasteiger partial charge in [-0.15, -0.1) is 0 Å². The molecule has 0 saturated carbocycles. The van der Waals surface area contributed by atoms with Crippen LogP contribution in [0.3, 0.4) is 0 Å². The smallest absolute Gasteiger partial charge is 0.261 e. The molecule has 2 atom stereocenters. The number of benzene rings is 1. The van der Waals surface area contributed by atoms with Crippen molar-refractivity contribution in [1.82, 2.24) is 10.2 Å². The molecule has 2 aromatic rings. The average molecular weight is 358 g/mol. The highest BCUT2D eigenvalue weighted by atomic mass is 32.1. The van der Waals surface area contributed by atoms with Crippen LogP contribution in [0.15, 0.2) is 36.4 Å². The van der Waals surface area contributed by atoms with Gasteiger partial charge in [0.25, 0.3) is 5.91 Å². The molecule has 2 N–H and O–H groups in total. The number of hydrogen-bond acceptors (Lipinski definition) is 5. The molecule has 2 bridgehead atoms. The topological polar surface area (TPSA) is 61.8 Å². The Morgan fingerprint density at radius 2 is 2.08 bits per heavy atom. The number of rotatable bonds is 4. The van der Waals surface area contributed by atoms with Crippen molar-refractivity contribution in [3.05, 3.63) is 41.3 Å². The van der Waals surface area contributed by atoms with Gasteiger partial charge in [-0.25, -0.2) is 0 Å². The van der Waals surface area contributed by atoms with Crippen molar-refractivity contribution in [2.75, 3.05) is 13.1 Å². The second kappa shape index (κ2) is 6.69. The lowest BCUT2D eigenvalue weighted by Crippen LogP contribution is -2.62. The van der Waals surface area contributed by atoms with Crippen LogP contribution >= 0.6 is 11.3 Å². The molecule has 25 heavy (non-hydrogen) atoms. The molecule has 6 heteroatoms. The van der Waals surface area contributed by atoms with E-state index in [1.807, 2.05) is 0 Å². The number of nitrogens with one attached hydrogen (secondary N) is 1. The van der Waals surface area contributed by atoms with E-state index in [4.69, 9.17) is 4.74 Å². The van der Waals surface area contributed by atoms with E-state index in [9.17, 15) is 9.90 Å². The number of carbonyl (C=O) groups is 1. The molecule has 1 aromatic carbocycles. The van der Waals surface area contributed by atoms with E-state index in [0.29, 0.717) is 27.6 Å². The zero-order chi connectivity index (χ0) is 17.4. The lowest BCUT2D eigenvalue weighted by atomic mass is 9.79. The Morgan fingerprint density at radius 1 is 1.28 bits per heavy atom. The van der Waals surface area contributed by atoms with Gasteiger partial charge < -0.3 is 15.2 Å². The fourth-order valence-electron chi connectivity index (χ4n) is 3.93. The first-order valence-corrected chi connectivity index (χ1v) is 9.53. The van der Waals surface area contributed by atoms with E-state index < -0.39 is 0 Å². The minimum Gasteiger partial charge on any atom is -0.508 e. The SMILES string of the molecule is C[C@H]1[C@H](NC(=O)c2ccc(Oc3cccc(O)c3)s2)C2CCN1CC2. The molecule has 1 amide bonds. The Balaban J connectivity index is 1.42. The number of phenolic OH excluding ortho intramolecular Hbond substituents is 1. The first kappa shape index (κ1) is 16.4. The lowest BCUT2D eigenvalue weighted by molar-refractivity contribution is 0.0218. The Morgan fingerprint density at radius 3 is 2.80 bits per heavy atom. The van der Waals surface area contributed by atoms with Crippen molar-refractivity contribution in [3.8, 4) is 16.6 Å². The van der Waals surface area contributed by atoms with E-state index in [1.54, 1.807) is 36.4 Å². The zero-order valence-corrected chi connectivity index (χ0v) is 15.0. The zero-order valence-electron chi connectivity index (χ0n) is 14.1. The van der Waals surface area contributed by atoms with Crippen LogP contribution in [0.25, 0.3) is 0 Å². The van der Waals surface area contributed by atoms with Crippen molar-refractivity contribution in [2.45, 2.75) is 31.8 Å². The number of aromatic hydroxyl groups is 1. The van der Waals surface area contributed by atoms with Crippen molar-refractivity contribution < 1.29 is 14.6 Å². The third kappa shape index (κ3) is 3.37. The quantitative estimate of drug-likeness (QED) is 0.879. The van der Waals surface area contributed by atoms with E-state index in [-0.39, 0.29) is 17.7 Å². The molecule has 0 radical (unpaired) electrons. The number of ether oxygens (including phenoxy) is 1. The molecule has 4 heterocycles. The van der Waals surface area contributed by atoms with Crippen LogP contribution in [-0.4, -0.2) is 41.1 Å². The van der Waals surface area contributed by atoms with Crippen LogP contribution in [0, 0.1) is 5.92 Å². The van der Waals surface area contributed by atoms with E-state index in [2.05, 4.69) is 17.1 Å². The summed E-state index contributed by atoms with van der Waals surface area (Å²) in [4.78, 5) is 15.8. The molecule has 3 aliphatic heterocycles. The monoisotopic (exact) mass is 358 g/mol. The van der Waals surface area contributed by atoms with Gasteiger partial charge in [-0.1, -0.05) is 17.4 Å². The molecular formula is C19H22N2O3S. The maximum absolute atomic E-state index is 12.6. The summed E-state index contributed by atoms with van der Waals surface area (Å²) < 4.78 is 5.72. The number of piperidine rings is 3. The standard InChI is InChI=1S/C19H22N2O3S/c1-12-18(13-7-9-21(12)10-8-13)20-19(23)16-5-6-17(25-16)24-15-4-2-3-14(22)11-15/h2-6,11-13,18,22H,7-10H2,1H3,(H,20,23)/t12-,18-/m0/s1. The predicted octanol–water partition coefficient (Wildman–Crippen LogP) is 3.46. The number of hydrogen-bond donors (Lipinski definition) is 2. The summed E-state index contributed by atoms with van der Waals surface area (Å²) in [5.41, 5.74) is 0. The third-order valence-corrected chi connectivity index (χ3v) is 6.28. The first-order chi connectivity index (χ1) is 12.1.